The first-order valence-corrected chi connectivity index (χ1v) is 9.33. The maximum Gasteiger partial charge on any atom is 0.453 e. The average Bonchev–Trinajstić information content (AvgIpc) is 3.09. The number of methoxy groups -OCH3 is 2. The van der Waals surface area contributed by atoms with E-state index in [2.05, 4.69) is 15.4 Å². The normalized spacial score (nSPS) is 20.4. The molecule has 1 aromatic carbocycles. The van der Waals surface area contributed by atoms with Gasteiger partial charge in [-0.3, -0.25) is 4.79 Å². The molecule has 0 fully saturated rings. The summed E-state index contributed by atoms with van der Waals surface area (Å²) in [5, 5.41) is 6.62. The van der Waals surface area contributed by atoms with Crippen molar-refractivity contribution >= 4 is 11.7 Å². The van der Waals surface area contributed by atoms with Crippen molar-refractivity contribution in [3.05, 3.63) is 40.9 Å². The molecule has 1 N–H and O–H groups in total. The number of aromatic nitrogens is 3. The van der Waals surface area contributed by atoms with Crippen LogP contribution >= 0.6 is 0 Å². The number of rotatable bonds is 3. The molecule has 160 valence electrons. The number of ketones is 1. The quantitative estimate of drug-likeness (QED) is 0.807. The lowest BCUT2D eigenvalue weighted by Crippen LogP contribution is -2.36. The number of ether oxygens (including phenoxy) is 2. The van der Waals surface area contributed by atoms with Gasteiger partial charge in [-0.15, -0.1) is 5.10 Å². The zero-order valence-electron chi connectivity index (χ0n) is 16.9. The van der Waals surface area contributed by atoms with Crippen molar-refractivity contribution < 1.29 is 27.4 Å². The number of carbonyl (C=O) groups excluding carboxylic acids is 1. The number of Topliss-reactive ketones (excluding diaryl/α,β-unsaturated/α-hetero) is 1. The predicted molar refractivity (Wildman–Crippen MR) is 101 cm³/mol. The van der Waals surface area contributed by atoms with E-state index in [1.54, 1.807) is 18.2 Å². The number of anilines is 1. The number of nitrogens with zero attached hydrogens (tertiary/aromatic N) is 3. The van der Waals surface area contributed by atoms with Gasteiger partial charge in [0.15, 0.2) is 17.3 Å². The Morgan fingerprint density at radius 3 is 2.50 bits per heavy atom. The van der Waals surface area contributed by atoms with Crippen LogP contribution in [0.25, 0.3) is 0 Å². The Labute approximate surface area is 170 Å². The topological polar surface area (TPSA) is 78.3 Å². The van der Waals surface area contributed by atoms with Gasteiger partial charge in [0.2, 0.25) is 5.95 Å². The number of carbonyl (C=O) groups is 1. The molecule has 4 rings (SSSR count). The van der Waals surface area contributed by atoms with Crippen LogP contribution in [-0.4, -0.2) is 34.8 Å². The van der Waals surface area contributed by atoms with Gasteiger partial charge in [0, 0.05) is 17.7 Å². The highest BCUT2D eigenvalue weighted by atomic mass is 19.4. The monoisotopic (exact) mass is 422 g/mol. The van der Waals surface area contributed by atoms with Gasteiger partial charge in [-0.25, -0.2) is 4.68 Å². The predicted octanol–water partition coefficient (Wildman–Crippen LogP) is 3.97. The summed E-state index contributed by atoms with van der Waals surface area (Å²) in [6, 6.07) is 4.12. The van der Waals surface area contributed by atoms with Crippen LogP contribution in [0.4, 0.5) is 19.1 Å². The molecule has 0 unspecified atom stereocenters. The Bertz CT molecular complexity index is 1060. The van der Waals surface area contributed by atoms with Gasteiger partial charge < -0.3 is 14.8 Å². The van der Waals surface area contributed by atoms with Crippen molar-refractivity contribution in [2.24, 2.45) is 5.41 Å². The van der Waals surface area contributed by atoms with E-state index in [4.69, 9.17) is 9.47 Å². The SMILES string of the molecule is COc1ccc([C@H]2C3=C(CC(C)(C)CC3=O)Nc3nc(C(F)(F)F)nn32)cc1OC. The molecule has 1 atom stereocenters. The zero-order chi connectivity index (χ0) is 21.8. The highest BCUT2D eigenvalue weighted by Crippen LogP contribution is 2.46. The molecule has 1 aromatic heterocycles. The van der Waals surface area contributed by atoms with Gasteiger partial charge in [-0.05, 0) is 29.5 Å². The summed E-state index contributed by atoms with van der Waals surface area (Å²) in [4.78, 5) is 16.7. The van der Waals surface area contributed by atoms with E-state index < -0.39 is 18.0 Å². The second-order valence-electron chi connectivity index (χ2n) is 8.18. The fraction of sp³-hybridized carbons (Fsp3) is 0.450. The van der Waals surface area contributed by atoms with Crippen molar-refractivity contribution in [1.82, 2.24) is 14.8 Å². The van der Waals surface area contributed by atoms with E-state index in [1.165, 1.54) is 14.2 Å². The Kier molecular flexibility index (Phi) is 4.55. The first kappa shape index (κ1) is 20.2. The third kappa shape index (κ3) is 3.29. The molecule has 30 heavy (non-hydrogen) atoms. The van der Waals surface area contributed by atoms with E-state index in [9.17, 15) is 18.0 Å². The fourth-order valence-corrected chi connectivity index (χ4v) is 4.06. The van der Waals surface area contributed by atoms with Crippen LogP contribution in [-0.2, 0) is 11.0 Å². The second-order valence-corrected chi connectivity index (χ2v) is 8.18. The third-order valence-electron chi connectivity index (χ3n) is 5.31. The van der Waals surface area contributed by atoms with Crippen molar-refractivity contribution in [1.29, 1.82) is 0 Å². The van der Waals surface area contributed by atoms with E-state index in [1.807, 2.05) is 13.8 Å². The highest BCUT2D eigenvalue weighted by Gasteiger charge is 2.44. The van der Waals surface area contributed by atoms with Crippen LogP contribution in [0.3, 0.4) is 0 Å². The van der Waals surface area contributed by atoms with Crippen LogP contribution in [0, 0.1) is 5.41 Å². The lowest BCUT2D eigenvalue weighted by molar-refractivity contribution is -0.145. The zero-order valence-corrected chi connectivity index (χ0v) is 16.9. The van der Waals surface area contributed by atoms with E-state index in [0.29, 0.717) is 34.8 Å². The molecule has 2 aromatic rings. The molecule has 0 saturated heterocycles. The molecule has 0 saturated carbocycles. The van der Waals surface area contributed by atoms with Gasteiger partial charge >= 0.3 is 6.18 Å². The van der Waals surface area contributed by atoms with Crippen molar-refractivity contribution in [3.8, 4) is 11.5 Å². The lowest BCUT2D eigenvalue weighted by Gasteiger charge is -2.38. The minimum atomic E-state index is -4.71. The number of halogens is 3. The summed E-state index contributed by atoms with van der Waals surface area (Å²) in [5.41, 5.74) is 1.20. The number of benzene rings is 1. The third-order valence-corrected chi connectivity index (χ3v) is 5.31. The number of hydrogen-bond donors (Lipinski definition) is 1. The number of allylic oxidation sites excluding steroid dienone is 2. The van der Waals surface area contributed by atoms with Crippen LogP contribution in [0.5, 0.6) is 11.5 Å². The molecule has 0 radical (unpaired) electrons. The van der Waals surface area contributed by atoms with Crippen molar-refractivity contribution in [3.63, 3.8) is 0 Å². The first-order valence-electron chi connectivity index (χ1n) is 9.33. The van der Waals surface area contributed by atoms with Gasteiger partial charge in [0.05, 0.1) is 14.2 Å². The minimum Gasteiger partial charge on any atom is -0.493 e. The molecule has 2 aliphatic rings. The summed E-state index contributed by atoms with van der Waals surface area (Å²) in [5.74, 6) is -0.580. The summed E-state index contributed by atoms with van der Waals surface area (Å²) in [6.45, 7) is 3.89. The van der Waals surface area contributed by atoms with Crippen LogP contribution in [0.1, 0.15) is 44.1 Å². The van der Waals surface area contributed by atoms with Crippen LogP contribution < -0.4 is 14.8 Å². The number of hydrogen-bond acceptors (Lipinski definition) is 6. The molecule has 0 amide bonds. The minimum absolute atomic E-state index is 0.0497. The number of nitrogens with one attached hydrogen (secondary N) is 1. The van der Waals surface area contributed by atoms with Crippen molar-refractivity contribution in [2.75, 3.05) is 19.5 Å². The highest BCUT2D eigenvalue weighted by molar-refractivity contribution is 6.00. The number of fused-ring (bicyclic) bond motifs is 1. The lowest BCUT2D eigenvalue weighted by atomic mass is 9.73. The van der Waals surface area contributed by atoms with Gasteiger partial charge in [0.1, 0.15) is 6.04 Å². The molecule has 1 aliphatic heterocycles. The summed E-state index contributed by atoms with van der Waals surface area (Å²) >= 11 is 0. The van der Waals surface area contributed by atoms with Gasteiger partial charge in [-0.1, -0.05) is 19.9 Å². The molecule has 0 spiro atoms. The Morgan fingerprint density at radius 2 is 1.87 bits per heavy atom. The molecule has 7 nitrogen and oxygen atoms in total. The molecular formula is C20H21F3N4O3. The van der Waals surface area contributed by atoms with E-state index >= 15 is 0 Å². The molecular weight excluding hydrogens is 401 g/mol. The summed E-state index contributed by atoms with van der Waals surface area (Å²) in [6.07, 6.45) is -3.92. The van der Waals surface area contributed by atoms with E-state index in [0.717, 1.165) is 4.68 Å². The summed E-state index contributed by atoms with van der Waals surface area (Å²) in [7, 11) is 2.95. The average molecular weight is 422 g/mol. The van der Waals surface area contributed by atoms with Crippen molar-refractivity contribution in [2.45, 2.75) is 38.9 Å². The summed E-state index contributed by atoms with van der Waals surface area (Å²) < 4.78 is 51.6. The first-order chi connectivity index (χ1) is 14.0. The van der Waals surface area contributed by atoms with Crippen LogP contribution in [0.2, 0.25) is 0 Å². The maximum atomic E-state index is 13.3. The maximum absolute atomic E-state index is 13.3. The van der Waals surface area contributed by atoms with E-state index in [-0.39, 0.29) is 23.6 Å². The smallest absolute Gasteiger partial charge is 0.453 e. The fourth-order valence-electron chi connectivity index (χ4n) is 4.06. The van der Waals surface area contributed by atoms with Gasteiger partial charge in [0.25, 0.3) is 5.82 Å². The molecule has 10 heteroatoms. The Balaban J connectivity index is 1.92. The second kappa shape index (κ2) is 6.75. The largest absolute Gasteiger partial charge is 0.493 e. The molecule has 0 bridgehead atoms. The Hall–Kier alpha value is -3.04. The molecule has 1 aliphatic carbocycles. The van der Waals surface area contributed by atoms with Crippen LogP contribution in [0.15, 0.2) is 29.5 Å². The number of alkyl halides is 3. The standard InChI is InChI=1S/C20H21F3N4O3/c1-19(2)8-11-15(12(28)9-19)16(10-5-6-13(29-3)14(7-10)30-4)27-18(24-11)25-17(26-27)20(21,22)23/h5-7,16H,8-9H2,1-4H3,(H,24,25,26)/t16-/m0/s1. The van der Waals surface area contributed by atoms with Gasteiger partial charge in [-0.2, -0.15) is 18.2 Å². The molecule has 2 heterocycles. The Morgan fingerprint density at radius 1 is 1.17 bits per heavy atom.